The summed E-state index contributed by atoms with van der Waals surface area (Å²) in [6.45, 7) is 4.06. The monoisotopic (exact) mass is 494 g/mol. The number of hydrogen-bond acceptors (Lipinski definition) is 6. The average molecular weight is 495 g/mol. The zero-order valence-electron chi connectivity index (χ0n) is 16.8. The van der Waals surface area contributed by atoms with Gasteiger partial charge in [0, 0.05) is 11.5 Å². The number of rotatable bonds is 10. The maximum atomic E-state index is 11.7. The summed E-state index contributed by atoms with van der Waals surface area (Å²) in [4.78, 5) is 0.855. The first kappa shape index (κ1) is 28.4. The van der Waals surface area contributed by atoms with E-state index >= 15 is 0 Å². The number of hydrogen-bond donors (Lipinski definition) is 0. The molecule has 0 aromatic heterocycles. The SMILES string of the molecule is CCSCCS(=O)(=O)c1ccccc1.CCSCCS(=O)(=O)c1ccccc1.S. The molecule has 0 N–H and O–H groups in total. The molecule has 2 aromatic rings. The van der Waals surface area contributed by atoms with Crippen molar-refractivity contribution >= 4 is 56.7 Å². The Balaban J connectivity index is 0.000000523. The highest BCUT2D eigenvalue weighted by Crippen LogP contribution is 2.13. The van der Waals surface area contributed by atoms with Gasteiger partial charge in [0.1, 0.15) is 0 Å². The standard InChI is InChI=1S/2C10H14O2S2.H2S/c2*1-2-13-8-9-14(11,12)10-6-4-3-5-7-10;/h2*3-7H,2,8-9H2,1H3;1H2. The fourth-order valence-corrected chi connectivity index (χ4v) is 7.01. The van der Waals surface area contributed by atoms with Crippen LogP contribution in [0.2, 0.25) is 0 Å². The van der Waals surface area contributed by atoms with Gasteiger partial charge in [0.05, 0.1) is 21.3 Å². The molecule has 29 heavy (non-hydrogen) atoms. The Labute approximate surface area is 191 Å². The molecule has 0 spiro atoms. The van der Waals surface area contributed by atoms with Gasteiger partial charge < -0.3 is 0 Å². The average Bonchev–Trinajstić information content (AvgIpc) is 2.70. The van der Waals surface area contributed by atoms with Crippen LogP contribution in [0, 0.1) is 0 Å². The second kappa shape index (κ2) is 15.2. The molecule has 0 saturated heterocycles. The first-order valence-electron chi connectivity index (χ1n) is 9.04. The third-order valence-electron chi connectivity index (χ3n) is 3.61. The Morgan fingerprint density at radius 3 is 1.21 bits per heavy atom. The van der Waals surface area contributed by atoms with E-state index in [2.05, 4.69) is 0 Å². The molecule has 164 valence electrons. The Kier molecular flexibility index (Phi) is 14.9. The van der Waals surface area contributed by atoms with Crippen molar-refractivity contribution in [3.05, 3.63) is 60.7 Å². The minimum absolute atomic E-state index is 0. The fraction of sp³-hybridized carbons (Fsp3) is 0.400. The molecule has 9 heteroatoms. The zero-order chi connectivity index (χ0) is 20.9. The molecule has 2 rings (SSSR count). The molecular weight excluding hydrogens is 465 g/mol. The molecule has 0 aliphatic heterocycles. The lowest BCUT2D eigenvalue weighted by Crippen LogP contribution is -2.08. The van der Waals surface area contributed by atoms with Gasteiger partial charge in [-0.1, -0.05) is 50.2 Å². The van der Waals surface area contributed by atoms with Crippen LogP contribution in [0.4, 0.5) is 0 Å². The molecule has 0 aliphatic carbocycles. The van der Waals surface area contributed by atoms with Crippen LogP contribution in [0.3, 0.4) is 0 Å². The van der Waals surface area contributed by atoms with E-state index in [1.165, 1.54) is 0 Å². The van der Waals surface area contributed by atoms with Crippen LogP contribution >= 0.6 is 37.0 Å². The highest BCUT2D eigenvalue weighted by molar-refractivity contribution is 8.01. The predicted molar refractivity (Wildman–Crippen MR) is 133 cm³/mol. The predicted octanol–water partition coefficient (Wildman–Crippen LogP) is 4.54. The minimum atomic E-state index is -3.05. The number of thioether (sulfide) groups is 2. The van der Waals surface area contributed by atoms with Crippen LogP contribution in [0.25, 0.3) is 0 Å². The largest absolute Gasteiger partial charge is 0.224 e. The number of benzene rings is 2. The Morgan fingerprint density at radius 2 is 0.931 bits per heavy atom. The number of sulfone groups is 2. The van der Waals surface area contributed by atoms with E-state index in [1.54, 1.807) is 72.1 Å². The molecular formula is C20H30O4S5. The van der Waals surface area contributed by atoms with Gasteiger partial charge in [-0.15, -0.1) is 0 Å². The summed E-state index contributed by atoms with van der Waals surface area (Å²) in [6, 6.07) is 17.2. The van der Waals surface area contributed by atoms with Gasteiger partial charge >= 0.3 is 0 Å². The van der Waals surface area contributed by atoms with Crippen molar-refractivity contribution in [2.24, 2.45) is 0 Å². The maximum absolute atomic E-state index is 11.7. The molecule has 0 unspecified atom stereocenters. The Morgan fingerprint density at radius 1 is 0.621 bits per heavy atom. The summed E-state index contributed by atoms with van der Waals surface area (Å²) in [5.74, 6) is 3.74. The summed E-state index contributed by atoms with van der Waals surface area (Å²) in [6.07, 6.45) is 0. The summed E-state index contributed by atoms with van der Waals surface area (Å²) in [5.41, 5.74) is 0. The molecule has 0 aliphatic rings. The highest BCUT2D eigenvalue weighted by atomic mass is 32.2. The van der Waals surface area contributed by atoms with E-state index in [0.717, 1.165) is 11.5 Å². The van der Waals surface area contributed by atoms with Crippen molar-refractivity contribution in [2.75, 3.05) is 34.5 Å². The van der Waals surface area contributed by atoms with Crippen molar-refractivity contribution in [2.45, 2.75) is 23.6 Å². The highest BCUT2D eigenvalue weighted by Gasteiger charge is 2.13. The smallest absolute Gasteiger partial charge is 0.179 e. The summed E-state index contributed by atoms with van der Waals surface area (Å²) >= 11 is 3.30. The molecule has 0 amide bonds. The molecule has 0 radical (unpaired) electrons. The molecule has 4 nitrogen and oxygen atoms in total. The third kappa shape index (κ3) is 11.4. The van der Waals surface area contributed by atoms with Gasteiger partial charge in [-0.2, -0.15) is 37.0 Å². The van der Waals surface area contributed by atoms with Gasteiger partial charge in [0.15, 0.2) is 19.7 Å². The van der Waals surface area contributed by atoms with Crippen LogP contribution in [0.1, 0.15) is 13.8 Å². The quantitative estimate of drug-likeness (QED) is 0.452. The Bertz CT molecular complexity index is 792. The molecule has 0 bridgehead atoms. The molecule has 0 heterocycles. The van der Waals surface area contributed by atoms with Gasteiger partial charge in [-0.3, -0.25) is 0 Å². The minimum Gasteiger partial charge on any atom is -0.224 e. The van der Waals surface area contributed by atoms with Crippen molar-refractivity contribution in [3.8, 4) is 0 Å². The molecule has 0 fully saturated rings. The lowest BCUT2D eigenvalue weighted by Gasteiger charge is -2.02. The van der Waals surface area contributed by atoms with Crippen molar-refractivity contribution in [3.63, 3.8) is 0 Å². The zero-order valence-corrected chi connectivity index (χ0v) is 21.0. The lowest BCUT2D eigenvalue weighted by atomic mass is 10.4. The second-order valence-electron chi connectivity index (χ2n) is 5.66. The van der Waals surface area contributed by atoms with Crippen LogP contribution in [0.15, 0.2) is 70.5 Å². The summed E-state index contributed by atoms with van der Waals surface area (Å²) in [7, 11) is -6.11. The fourth-order valence-electron chi connectivity index (χ4n) is 2.12. The molecule has 0 atom stereocenters. The topological polar surface area (TPSA) is 68.3 Å². The maximum Gasteiger partial charge on any atom is 0.179 e. The molecule has 0 saturated carbocycles. The lowest BCUT2D eigenvalue weighted by molar-refractivity contribution is 0.596. The Hall–Kier alpha value is -0.610. The van der Waals surface area contributed by atoms with Crippen LogP contribution in [0.5, 0.6) is 0 Å². The molecule has 2 aromatic carbocycles. The van der Waals surface area contributed by atoms with Crippen LogP contribution < -0.4 is 0 Å². The van der Waals surface area contributed by atoms with E-state index in [-0.39, 0.29) is 25.0 Å². The van der Waals surface area contributed by atoms with Crippen LogP contribution in [-0.4, -0.2) is 51.4 Å². The van der Waals surface area contributed by atoms with Gasteiger partial charge in [-0.25, -0.2) is 16.8 Å². The summed E-state index contributed by atoms with van der Waals surface area (Å²) in [5, 5.41) is 0. The van der Waals surface area contributed by atoms with E-state index in [9.17, 15) is 16.8 Å². The van der Waals surface area contributed by atoms with Gasteiger partial charge in [0.25, 0.3) is 0 Å². The summed E-state index contributed by atoms with van der Waals surface area (Å²) < 4.78 is 46.8. The first-order valence-corrected chi connectivity index (χ1v) is 14.7. The van der Waals surface area contributed by atoms with Gasteiger partial charge in [-0.05, 0) is 35.8 Å². The first-order chi connectivity index (χ1) is 13.3. The van der Waals surface area contributed by atoms with Gasteiger partial charge in [0.2, 0.25) is 0 Å². The second-order valence-corrected chi connectivity index (χ2v) is 12.7. The van der Waals surface area contributed by atoms with E-state index in [4.69, 9.17) is 0 Å². The van der Waals surface area contributed by atoms with E-state index in [1.807, 2.05) is 26.0 Å². The van der Waals surface area contributed by atoms with Crippen molar-refractivity contribution in [1.29, 1.82) is 0 Å². The van der Waals surface area contributed by atoms with E-state index < -0.39 is 19.7 Å². The van der Waals surface area contributed by atoms with Crippen LogP contribution in [-0.2, 0) is 19.7 Å². The van der Waals surface area contributed by atoms with E-state index in [0.29, 0.717) is 21.3 Å². The third-order valence-corrected chi connectivity index (χ3v) is 9.39. The normalized spacial score (nSPS) is 11.1. The van der Waals surface area contributed by atoms with Crippen molar-refractivity contribution in [1.82, 2.24) is 0 Å². The van der Waals surface area contributed by atoms with Crippen molar-refractivity contribution < 1.29 is 16.8 Å².